The number of halogens is 3. The summed E-state index contributed by atoms with van der Waals surface area (Å²) in [6, 6.07) is -0.402. The van der Waals surface area contributed by atoms with Gasteiger partial charge in [0.2, 0.25) is 5.91 Å². The van der Waals surface area contributed by atoms with Gasteiger partial charge in [-0.05, 0) is 13.8 Å². The number of aromatic nitrogens is 1. The maximum absolute atomic E-state index is 12.8. The number of rotatable bonds is 3. The molecule has 162 valence electrons. The Bertz CT molecular complexity index is 733. The van der Waals surface area contributed by atoms with Crippen LogP contribution in [-0.4, -0.2) is 89.5 Å². The van der Waals surface area contributed by atoms with E-state index in [4.69, 9.17) is 0 Å². The van der Waals surface area contributed by atoms with Gasteiger partial charge < -0.3 is 15.1 Å². The average Bonchev–Trinajstić information content (AvgIpc) is 3.16. The summed E-state index contributed by atoms with van der Waals surface area (Å²) in [5, 5.41) is 6.43. The van der Waals surface area contributed by atoms with E-state index < -0.39 is 17.9 Å². The Morgan fingerprint density at radius 1 is 1.21 bits per heavy atom. The largest absolute Gasteiger partial charge is 0.434 e. The van der Waals surface area contributed by atoms with Crippen molar-refractivity contribution >= 4 is 28.4 Å². The fraction of sp³-hybridized carbons (Fsp3) is 0.706. The molecule has 29 heavy (non-hydrogen) atoms. The van der Waals surface area contributed by atoms with E-state index >= 15 is 0 Å². The lowest BCUT2D eigenvalue weighted by molar-refractivity contribution is -0.140. The lowest BCUT2D eigenvalue weighted by Gasteiger charge is -2.40. The van der Waals surface area contributed by atoms with E-state index in [0.717, 1.165) is 29.8 Å². The molecular weight excluding hydrogens is 409 g/mol. The van der Waals surface area contributed by atoms with Crippen molar-refractivity contribution in [3.63, 3.8) is 0 Å². The fourth-order valence-corrected chi connectivity index (χ4v) is 4.10. The Labute approximate surface area is 171 Å². The summed E-state index contributed by atoms with van der Waals surface area (Å²) in [4.78, 5) is 34.0. The fourth-order valence-electron chi connectivity index (χ4n) is 3.39. The summed E-state index contributed by atoms with van der Waals surface area (Å²) >= 11 is 0.728. The second-order valence-corrected chi connectivity index (χ2v) is 8.23. The predicted molar refractivity (Wildman–Crippen MR) is 103 cm³/mol. The number of thiazole rings is 1. The Morgan fingerprint density at radius 3 is 2.45 bits per heavy atom. The molecule has 0 radical (unpaired) electrons. The predicted octanol–water partition coefficient (Wildman–Crippen LogP) is 1.52. The minimum atomic E-state index is -4.54. The maximum atomic E-state index is 12.8. The minimum absolute atomic E-state index is 0.0187. The molecule has 2 aliphatic rings. The van der Waals surface area contributed by atoms with E-state index in [0.29, 0.717) is 38.8 Å². The van der Waals surface area contributed by atoms with Crippen LogP contribution in [0.2, 0.25) is 0 Å². The monoisotopic (exact) mass is 434 g/mol. The number of alkyl halides is 3. The molecule has 3 rings (SSSR count). The molecule has 2 saturated heterocycles. The molecule has 2 aliphatic heterocycles. The highest BCUT2D eigenvalue weighted by atomic mass is 32.1. The van der Waals surface area contributed by atoms with Crippen molar-refractivity contribution in [2.24, 2.45) is 0 Å². The summed E-state index contributed by atoms with van der Waals surface area (Å²) in [6.07, 6.45) is -4.54. The molecule has 1 aromatic heterocycles. The molecule has 2 N–H and O–H groups in total. The van der Waals surface area contributed by atoms with Crippen molar-refractivity contribution in [3.8, 4) is 0 Å². The van der Waals surface area contributed by atoms with E-state index in [-0.39, 0.29) is 17.1 Å². The topological polar surface area (TPSA) is 80.8 Å². The SMILES string of the molecule is CC(C)N1CCN[C@@H](C(=O)N2CCN(C(=O)Nc3nc(C(F)(F)F)cs3)CC2)C1. The van der Waals surface area contributed by atoms with Gasteiger partial charge in [-0.15, -0.1) is 11.3 Å². The number of carbonyl (C=O) groups is 2. The third-order valence-corrected chi connectivity index (χ3v) is 5.88. The maximum Gasteiger partial charge on any atom is 0.434 e. The Kier molecular flexibility index (Phi) is 6.64. The molecule has 0 spiro atoms. The zero-order valence-corrected chi connectivity index (χ0v) is 17.1. The van der Waals surface area contributed by atoms with E-state index in [2.05, 4.69) is 34.4 Å². The van der Waals surface area contributed by atoms with Gasteiger partial charge in [0.25, 0.3) is 0 Å². The van der Waals surface area contributed by atoms with Gasteiger partial charge in [0.15, 0.2) is 10.8 Å². The third-order valence-electron chi connectivity index (χ3n) is 5.12. The first-order valence-corrected chi connectivity index (χ1v) is 10.4. The molecule has 8 nitrogen and oxygen atoms in total. The molecule has 1 atom stereocenters. The van der Waals surface area contributed by atoms with Gasteiger partial charge in [-0.3, -0.25) is 15.0 Å². The van der Waals surface area contributed by atoms with Gasteiger partial charge in [-0.1, -0.05) is 0 Å². The summed E-state index contributed by atoms with van der Waals surface area (Å²) in [5.74, 6) is 0.0187. The molecule has 0 bridgehead atoms. The van der Waals surface area contributed by atoms with Crippen LogP contribution in [0, 0.1) is 0 Å². The highest BCUT2D eigenvalue weighted by Crippen LogP contribution is 2.31. The number of nitrogens with zero attached hydrogens (tertiary/aromatic N) is 4. The van der Waals surface area contributed by atoms with Crippen LogP contribution in [0.4, 0.5) is 23.1 Å². The van der Waals surface area contributed by atoms with Gasteiger partial charge in [0, 0.05) is 57.2 Å². The van der Waals surface area contributed by atoms with Crippen molar-refractivity contribution in [2.45, 2.75) is 32.1 Å². The second kappa shape index (κ2) is 8.84. The van der Waals surface area contributed by atoms with E-state index in [9.17, 15) is 22.8 Å². The van der Waals surface area contributed by atoms with Crippen LogP contribution in [-0.2, 0) is 11.0 Å². The van der Waals surface area contributed by atoms with Crippen molar-refractivity contribution in [3.05, 3.63) is 11.1 Å². The lowest BCUT2D eigenvalue weighted by Crippen LogP contribution is -2.61. The summed E-state index contributed by atoms with van der Waals surface area (Å²) in [6.45, 7) is 7.92. The van der Waals surface area contributed by atoms with Crippen molar-refractivity contribution in [1.29, 1.82) is 0 Å². The molecule has 3 amide bonds. The molecule has 3 heterocycles. The number of hydrogen-bond acceptors (Lipinski definition) is 6. The molecular formula is C17H25F3N6O2S. The van der Waals surface area contributed by atoms with E-state index in [1.165, 1.54) is 4.90 Å². The van der Waals surface area contributed by atoms with Crippen LogP contribution in [0.15, 0.2) is 5.38 Å². The average molecular weight is 434 g/mol. The van der Waals surface area contributed by atoms with E-state index in [1.807, 2.05) is 0 Å². The van der Waals surface area contributed by atoms with Crippen molar-refractivity contribution < 1.29 is 22.8 Å². The van der Waals surface area contributed by atoms with Gasteiger partial charge in [0.05, 0.1) is 6.04 Å². The Hall–Kier alpha value is -1.92. The van der Waals surface area contributed by atoms with Crippen LogP contribution >= 0.6 is 11.3 Å². The molecule has 0 saturated carbocycles. The zero-order chi connectivity index (χ0) is 21.2. The zero-order valence-electron chi connectivity index (χ0n) is 16.3. The first-order chi connectivity index (χ1) is 13.6. The Morgan fingerprint density at radius 2 is 1.86 bits per heavy atom. The number of nitrogens with one attached hydrogen (secondary N) is 2. The number of piperazine rings is 2. The number of amides is 3. The van der Waals surface area contributed by atoms with Crippen LogP contribution in [0.3, 0.4) is 0 Å². The second-order valence-electron chi connectivity index (χ2n) is 7.37. The van der Waals surface area contributed by atoms with E-state index in [1.54, 1.807) is 4.90 Å². The summed E-state index contributed by atoms with van der Waals surface area (Å²) in [5.41, 5.74) is -1.02. The highest BCUT2D eigenvalue weighted by Gasteiger charge is 2.35. The molecule has 0 aliphatic carbocycles. The molecule has 12 heteroatoms. The number of carbonyl (C=O) groups excluding carboxylic acids is 2. The van der Waals surface area contributed by atoms with Crippen LogP contribution < -0.4 is 10.6 Å². The normalized spacial score (nSPS) is 21.5. The quantitative estimate of drug-likeness (QED) is 0.754. The van der Waals surface area contributed by atoms with Crippen LogP contribution in [0.25, 0.3) is 0 Å². The minimum Gasteiger partial charge on any atom is -0.338 e. The third kappa shape index (κ3) is 5.37. The molecule has 2 fully saturated rings. The van der Waals surface area contributed by atoms with Gasteiger partial charge in [-0.25, -0.2) is 9.78 Å². The lowest BCUT2D eigenvalue weighted by atomic mass is 10.1. The highest BCUT2D eigenvalue weighted by molar-refractivity contribution is 7.13. The Balaban J connectivity index is 1.49. The van der Waals surface area contributed by atoms with Crippen LogP contribution in [0.1, 0.15) is 19.5 Å². The first-order valence-electron chi connectivity index (χ1n) is 9.50. The van der Waals surface area contributed by atoms with Gasteiger partial charge in [-0.2, -0.15) is 13.2 Å². The smallest absolute Gasteiger partial charge is 0.338 e. The number of urea groups is 1. The number of anilines is 1. The summed E-state index contributed by atoms with van der Waals surface area (Å²) < 4.78 is 37.8. The van der Waals surface area contributed by atoms with Crippen molar-refractivity contribution in [1.82, 2.24) is 25.0 Å². The summed E-state index contributed by atoms with van der Waals surface area (Å²) in [7, 11) is 0. The molecule has 0 aromatic carbocycles. The van der Waals surface area contributed by atoms with Crippen molar-refractivity contribution in [2.75, 3.05) is 51.1 Å². The number of hydrogen-bond donors (Lipinski definition) is 2. The standard InChI is InChI=1S/C17H25F3N6O2S/c1-11(2)26-4-3-21-12(9-26)14(27)24-5-7-25(8-6-24)16(28)23-15-22-13(10-29-15)17(18,19)20/h10-12,21H,3-9H2,1-2H3,(H,22,23,28)/t12-/m1/s1. The van der Waals surface area contributed by atoms with Gasteiger partial charge in [0.1, 0.15) is 0 Å². The molecule has 0 unspecified atom stereocenters. The van der Waals surface area contributed by atoms with Gasteiger partial charge >= 0.3 is 12.2 Å². The first kappa shape index (κ1) is 21.8. The van der Waals surface area contributed by atoms with Crippen LogP contribution in [0.5, 0.6) is 0 Å². The molecule has 1 aromatic rings.